The Labute approximate surface area is 114 Å². The van der Waals surface area contributed by atoms with Crippen molar-refractivity contribution < 1.29 is 13.5 Å². The predicted octanol–water partition coefficient (Wildman–Crippen LogP) is 3.66. The van der Waals surface area contributed by atoms with Crippen LogP contribution in [0.4, 0.5) is 8.78 Å². The second kappa shape index (κ2) is 7.48. The molecular formula is C13H16BrF2NO. The number of hydrogen-bond donors (Lipinski definition) is 1. The van der Waals surface area contributed by atoms with E-state index in [9.17, 15) is 8.78 Å². The van der Waals surface area contributed by atoms with Crippen LogP contribution in [0, 0.1) is 11.6 Å². The molecule has 18 heavy (non-hydrogen) atoms. The monoisotopic (exact) mass is 319 g/mol. The topological polar surface area (TPSA) is 21.3 Å². The fourth-order valence-corrected chi connectivity index (χ4v) is 1.72. The highest BCUT2D eigenvalue weighted by Gasteiger charge is 2.11. The second-order valence-electron chi connectivity index (χ2n) is 3.92. The lowest BCUT2D eigenvalue weighted by molar-refractivity contribution is 0.321. The van der Waals surface area contributed by atoms with Gasteiger partial charge in [0.2, 0.25) is 5.82 Å². The highest BCUT2D eigenvalue weighted by atomic mass is 79.9. The van der Waals surface area contributed by atoms with E-state index in [1.807, 2.05) is 0 Å². The van der Waals surface area contributed by atoms with Crippen molar-refractivity contribution in [2.75, 3.05) is 19.7 Å². The molecule has 0 aromatic heterocycles. The van der Waals surface area contributed by atoms with Gasteiger partial charge in [0, 0.05) is 11.0 Å². The van der Waals surface area contributed by atoms with E-state index in [4.69, 9.17) is 4.74 Å². The smallest absolute Gasteiger partial charge is 0.200 e. The molecule has 1 N–H and O–H groups in total. The Bertz CT molecular complexity index is 424. The summed E-state index contributed by atoms with van der Waals surface area (Å²) in [6.07, 6.45) is 1.03. The molecule has 0 aliphatic carbocycles. The quantitative estimate of drug-likeness (QED) is 0.470. The van der Waals surface area contributed by atoms with Gasteiger partial charge in [-0.3, -0.25) is 0 Å². The van der Waals surface area contributed by atoms with Crippen LogP contribution in [0.25, 0.3) is 0 Å². The van der Waals surface area contributed by atoms with Gasteiger partial charge in [0.05, 0.1) is 0 Å². The lowest BCUT2D eigenvalue weighted by Gasteiger charge is -2.10. The van der Waals surface area contributed by atoms with E-state index < -0.39 is 11.6 Å². The number of rotatable bonds is 7. The normalized spacial score (nSPS) is 10.4. The fraction of sp³-hybridized carbons (Fsp3) is 0.385. The van der Waals surface area contributed by atoms with Gasteiger partial charge in [-0.25, -0.2) is 4.39 Å². The predicted molar refractivity (Wildman–Crippen MR) is 71.9 cm³/mol. The number of hydrogen-bond acceptors (Lipinski definition) is 2. The van der Waals surface area contributed by atoms with Gasteiger partial charge in [-0.15, -0.1) is 0 Å². The van der Waals surface area contributed by atoms with Crippen LogP contribution in [0.2, 0.25) is 0 Å². The molecule has 0 fully saturated rings. The van der Waals surface area contributed by atoms with Crippen molar-refractivity contribution in [1.29, 1.82) is 0 Å². The van der Waals surface area contributed by atoms with E-state index in [0.717, 1.165) is 24.6 Å². The highest BCUT2D eigenvalue weighted by Crippen LogP contribution is 2.25. The molecule has 1 aromatic rings. The molecule has 0 spiro atoms. The minimum absolute atomic E-state index is 0.112. The molecule has 1 aromatic carbocycles. The van der Waals surface area contributed by atoms with Crippen LogP contribution in [0.1, 0.15) is 13.3 Å². The first-order chi connectivity index (χ1) is 8.54. The largest absolute Gasteiger partial charge is 0.486 e. The molecule has 0 aliphatic rings. The van der Waals surface area contributed by atoms with Crippen LogP contribution in [0.15, 0.2) is 28.8 Å². The molecule has 0 aliphatic heterocycles. The maximum Gasteiger partial charge on any atom is 0.200 e. The zero-order valence-electron chi connectivity index (χ0n) is 10.2. The molecule has 0 unspecified atom stereocenters. The third-order valence-electron chi connectivity index (χ3n) is 2.19. The van der Waals surface area contributed by atoms with Crippen LogP contribution in [-0.2, 0) is 0 Å². The molecule has 100 valence electrons. The summed E-state index contributed by atoms with van der Waals surface area (Å²) < 4.78 is 32.1. The van der Waals surface area contributed by atoms with Crippen molar-refractivity contribution in [3.63, 3.8) is 0 Å². The number of halogens is 3. The molecule has 2 nitrogen and oxygen atoms in total. The first-order valence-electron chi connectivity index (χ1n) is 5.69. The summed E-state index contributed by atoms with van der Waals surface area (Å²) in [5.41, 5.74) is 0.781. The summed E-state index contributed by atoms with van der Waals surface area (Å²) in [5, 5.41) is 3.15. The standard InChI is InChI=1S/C13H16BrF2NO/c1-3-4-17-7-9(2)8-18-12-6-10(14)5-11(15)13(12)16/h5-6,17H,2-4,7-8H2,1H3. The van der Waals surface area contributed by atoms with Gasteiger partial charge in [-0.05, 0) is 30.7 Å². The molecule has 0 saturated heterocycles. The van der Waals surface area contributed by atoms with Crippen molar-refractivity contribution in [2.24, 2.45) is 0 Å². The van der Waals surface area contributed by atoms with Gasteiger partial charge in [-0.2, -0.15) is 4.39 Å². The van der Waals surface area contributed by atoms with E-state index in [1.54, 1.807) is 0 Å². The van der Waals surface area contributed by atoms with Crippen LogP contribution in [0.5, 0.6) is 5.75 Å². The minimum Gasteiger partial charge on any atom is -0.486 e. The summed E-state index contributed by atoms with van der Waals surface area (Å²) in [7, 11) is 0. The Balaban J connectivity index is 2.50. The third kappa shape index (κ3) is 4.74. The first-order valence-corrected chi connectivity index (χ1v) is 6.48. The Hall–Kier alpha value is -0.940. The number of ether oxygens (including phenoxy) is 1. The van der Waals surface area contributed by atoms with E-state index >= 15 is 0 Å². The van der Waals surface area contributed by atoms with Gasteiger partial charge in [0.1, 0.15) is 6.61 Å². The third-order valence-corrected chi connectivity index (χ3v) is 2.65. The van der Waals surface area contributed by atoms with Gasteiger partial charge in [-0.1, -0.05) is 29.4 Å². The molecule has 0 atom stereocenters. The highest BCUT2D eigenvalue weighted by molar-refractivity contribution is 9.10. The van der Waals surface area contributed by atoms with E-state index in [0.29, 0.717) is 11.0 Å². The molecule has 0 bridgehead atoms. The zero-order chi connectivity index (χ0) is 13.5. The molecule has 0 heterocycles. The summed E-state index contributed by atoms with van der Waals surface area (Å²) in [4.78, 5) is 0. The van der Waals surface area contributed by atoms with E-state index in [-0.39, 0.29) is 12.4 Å². The van der Waals surface area contributed by atoms with Crippen LogP contribution >= 0.6 is 15.9 Å². The van der Waals surface area contributed by atoms with Crippen molar-refractivity contribution >= 4 is 15.9 Å². The van der Waals surface area contributed by atoms with Gasteiger partial charge < -0.3 is 10.1 Å². The Morgan fingerprint density at radius 3 is 2.83 bits per heavy atom. The summed E-state index contributed by atoms with van der Waals surface area (Å²) in [6.45, 7) is 7.51. The average Bonchev–Trinajstić information content (AvgIpc) is 2.32. The van der Waals surface area contributed by atoms with Crippen molar-refractivity contribution in [3.05, 3.63) is 40.4 Å². The summed E-state index contributed by atoms with van der Waals surface area (Å²) >= 11 is 3.08. The van der Waals surface area contributed by atoms with E-state index in [2.05, 4.69) is 34.7 Å². The Morgan fingerprint density at radius 2 is 2.17 bits per heavy atom. The zero-order valence-corrected chi connectivity index (χ0v) is 11.8. The Kier molecular flexibility index (Phi) is 6.29. The lowest BCUT2D eigenvalue weighted by atomic mass is 10.3. The van der Waals surface area contributed by atoms with Gasteiger partial charge >= 0.3 is 0 Å². The molecular weight excluding hydrogens is 304 g/mol. The van der Waals surface area contributed by atoms with Crippen molar-refractivity contribution in [1.82, 2.24) is 5.32 Å². The van der Waals surface area contributed by atoms with Crippen molar-refractivity contribution in [2.45, 2.75) is 13.3 Å². The molecule has 1 rings (SSSR count). The van der Waals surface area contributed by atoms with Crippen molar-refractivity contribution in [3.8, 4) is 5.75 Å². The number of nitrogens with one attached hydrogen (secondary N) is 1. The van der Waals surface area contributed by atoms with E-state index in [1.165, 1.54) is 6.07 Å². The summed E-state index contributed by atoms with van der Waals surface area (Å²) in [6, 6.07) is 2.45. The maximum absolute atomic E-state index is 13.4. The SMILES string of the molecule is C=C(CNCCC)COc1cc(Br)cc(F)c1F. The molecule has 0 saturated carbocycles. The van der Waals surface area contributed by atoms with Crippen LogP contribution in [0.3, 0.4) is 0 Å². The molecule has 0 amide bonds. The van der Waals surface area contributed by atoms with Gasteiger partial charge in [0.15, 0.2) is 11.6 Å². The molecule has 5 heteroatoms. The van der Waals surface area contributed by atoms with Crippen LogP contribution < -0.4 is 10.1 Å². The Morgan fingerprint density at radius 1 is 1.44 bits per heavy atom. The van der Waals surface area contributed by atoms with Gasteiger partial charge in [0.25, 0.3) is 0 Å². The lowest BCUT2D eigenvalue weighted by Crippen LogP contribution is -2.20. The maximum atomic E-state index is 13.4. The number of benzene rings is 1. The fourth-order valence-electron chi connectivity index (χ4n) is 1.31. The molecule has 0 radical (unpaired) electrons. The summed E-state index contributed by atoms with van der Waals surface area (Å²) in [5.74, 6) is -2.03. The average molecular weight is 320 g/mol. The second-order valence-corrected chi connectivity index (χ2v) is 4.83. The first kappa shape index (κ1) is 15.1. The minimum atomic E-state index is -0.979. The van der Waals surface area contributed by atoms with Crippen LogP contribution in [-0.4, -0.2) is 19.7 Å².